The third-order valence-corrected chi connectivity index (χ3v) is 3.38. The van der Waals surface area contributed by atoms with Crippen LogP contribution in [0.1, 0.15) is 23.0 Å². The minimum atomic E-state index is 0.156. The van der Waals surface area contributed by atoms with E-state index in [0.717, 1.165) is 29.7 Å². The molecule has 1 amide bonds. The summed E-state index contributed by atoms with van der Waals surface area (Å²) in [4.78, 5) is 14.6. The molecule has 0 N–H and O–H groups in total. The second kappa shape index (κ2) is 6.19. The summed E-state index contributed by atoms with van der Waals surface area (Å²) >= 11 is 4.87. The van der Waals surface area contributed by atoms with Gasteiger partial charge in [0.25, 0.3) is 5.91 Å². The summed E-state index contributed by atoms with van der Waals surface area (Å²) in [5.74, 6) is 0.156. The predicted molar refractivity (Wildman–Crippen MR) is 64.3 cm³/mol. The fourth-order valence-corrected chi connectivity index (χ4v) is 2.15. The number of thiophene rings is 1. The zero-order valence-corrected chi connectivity index (χ0v) is 10.6. The first kappa shape index (κ1) is 11.7. The van der Waals surface area contributed by atoms with Crippen molar-refractivity contribution in [3.05, 3.63) is 22.4 Å². The second-order valence-corrected chi connectivity index (χ2v) is 4.65. The number of nitrogens with zero attached hydrogens (tertiary/aromatic N) is 1. The molecule has 0 fully saturated rings. The average molecular weight is 276 g/mol. The lowest BCUT2D eigenvalue weighted by molar-refractivity contribution is 0.0770. The van der Waals surface area contributed by atoms with Crippen LogP contribution in [0, 0.1) is 0 Å². The molecule has 0 bridgehead atoms. The second-order valence-electron chi connectivity index (χ2n) is 2.90. The standard InChI is InChI=1S/C10H14BrNOS/c1-2-12(7-4-6-11)10(13)9-5-3-8-14-9/h3,5,8H,2,4,6-7H2,1H3. The van der Waals surface area contributed by atoms with Gasteiger partial charge in [0, 0.05) is 18.4 Å². The number of alkyl halides is 1. The van der Waals surface area contributed by atoms with Crippen LogP contribution in [0.25, 0.3) is 0 Å². The summed E-state index contributed by atoms with van der Waals surface area (Å²) < 4.78 is 0. The Morgan fingerprint density at radius 3 is 2.93 bits per heavy atom. The molecule has 0 saturated carbocycles. The summed E-state index contributed by atoms with van der Waals surface area (Å²) in [6, 6.07) is 3.79. The van der Waals surface area contributed by atoms with Gasteiger partial charge in [-0.3, -0.25) is 4.79 Å². The predicted octanol–water partition coefficient (Wildman–Crippen LogP) is 3.00. The number of rotatable bonds is 5. The van der Waals surface area contributed by atoms with Crippen LogP contribution in [0.5, 0.6) is 0 Å². The van der Waals surface area contributed by atoms with Crippen LogP contribution < -0.4 is 0 Å². The topological polar surface area (TPSA) is 20.3 Å². The van der Waals surface area contributed by atoms with Gasteiger partial charge in [0.05, 0.1) is 4.88 Å². The lowest BCUT2D eigenvalue weighted by Gasteiger charge is -2.19. The van der Waals surface area contributed by atoms with E-state index in [1.54, 1.807) is 0 Å². The summed E-state index contributed by atoms with van der Waals surface area (Å²) in [7, 11) is 0. The zero-order valence-electron chi connectivity index (χ0n) is 8.20. The molecule has 0 radical (unpaired) electrons. The molecular formula is C10H14BrNOS. The van der Waals surface area contributed by atoms with Crippen molar-refractivity contribution in [3.63, 3.8) is 0 Å². The highest BCUT2D eigenvalue weighted by Crippen LogP contribution is 2.12. The molecule has 2 nitrogen and oxygen atoms in total. The van der Waals surface area contributed by atoms with Gasteiger partial charge in [-0.1, -0.05) is 22.0 Å². The monoisotopic (exact) mass is 275 g/mol. The SMILES string of the molecule is CCN(CCCBr)C(=O)c1cccs1. The van der Waals surface area contributed by atoms with Crippen LogP contribution in [0.2, 0.25) is 0 Å². The van der Waals surface area contributed by atoms with Gasteiger partial charge in [-0.15, -0.1) is 11.3 Å². The Hall–Kier alpha value is -0.350. The van der Waals surface area contributed by atoms with E-state index in [9.17, 15) is 4.79 Å². The summed E-state index contributed by atoms with van der Waals surface area (Å²) in [5, 5.41) is 2.88. The van der Waals surface area contributed by atoms with Crippen molar-refractivity contribution in [3.8, 4) is 0 Å². The molecule has 4 heteroatoms. The molecule has 1 rings (SSSR count). The summed E-state index contributed by atoms with van der Waals surface area (Å²) in [6.45, 7) is 3.63. The van der Waals surface area contributed by atoms with Crippen LogP contribution in [-0.2, 0) is 0 Å². The summed E-state index contributed by atoms with van der Waals surface area (Å²) in [5.41, 5.74) is 0. The van der Waals surface area contributed by atoms with Crippen molar-refractivity contribution >= 4 is 33.2 Å². The van der Waals surface area contributed by atoms with Crippen molar-refractivity contribution in [2.75, 3.05) is 18.4 Å². The Kier molecular flexibility index (Phi) is 5.19. The molecule has 0 spiro atoms. The molecular weight excluding hydrogens is 262 g/mol. The Labute approximate surface area is 97.1 Å². The Morgan fingerprint density at radius 1 is 1.64 bits per heavy atom. The highest BCUT2D eigenvalue weighted by atomic mass is 79.9. The number of halogens is 1. The lowest BCUT2D eigenvalue weighted by atomic mass is 10.3. The van der Waals surface area contributed by atoms with Crippen LogP contribution in [0.3, 0.4) is 0 Å². The number of amides is 1. The van der Waals surface area contributed by atoms with Gasteiger partial charge in [0.1, 0.15) is 0 Å². The highest BCUT2D eigenvalue weighted by molar-refractivity contribution is 9.09. The van der Waals surface area contributed by atoms with Gasteiger partial charge >= 0.3 is 0 Å². The van der Waals surface area contributed by atoms with Gasteiger partial charge in [0.2, 0.25) is 0 Å². The van der Waals surface area contributed by atoms with E-state index in [1.807, 2.05) is 29.3 Å². The molecule has 0 aliphatic rings. The van der Waals surface area contributed by atoms with Crippen molar-refractivity contribution in [2.45, 2.75) is 13.3 Å². The van der Waals surface area contributed by atoms with Crippen molar-refractivity contribution in [1.29, 1.82) is 0 Å². The van der Waals surface area contributed by atoms with E-state index in [4.69, 9.17) is 0 Å². The average Bonchev–Trinajstić information content (AvgIpc) is 2.71. The molecule has 0 aliphatic heterocycles. The van der Waals surface area contributed by atoms with Crippen LogP contribution >= 0.6 is 27.3 Å². The number of hydrogen-bond donors (Lipinski definition) is 0. The fourth-order valence-electron chi connectivity index (χ4n) is 1.21. The molecule has 0 aliphatic carbocycles. The van der Waals surface area contributed by atoms with E-state index >= 15 is 0 Å². The largest absolute Gasteiger partial charge is 0.338 e. The lowest BCUT2D eigenvalue weighted by Crippen LogP contribution is -2.31. The molecule has 0 atom stereocenters. The van der Waals surface area contributed by atoms with Crippen LogP contribution in [0.4, 0.5) is 0 Å². The molecule has 1 heterocycles. The molecule has 0 saturated heterocycles. The first-order valence-corrected chi connectivity index (χ1v) is 6.68. The summed E-state index contributed by atoms with van der Waals surface area (Å²) in [6.07, 6.45) is 1.00. The quantitative estimate of drug-likeness (QED) is 0.757. The van der Waals surface area contributed by atoms with Crippen molar-refractivity contribution in [1.82, 2.24) is 4.90 Å². The molecule has 1 aromatic heterocycles. The van der Waals surface area contributed by atoms with Gasteiger partial charge in [-0.05, 0) is 24.8 Å². The third-order valence-electron chi connectivity index (χ3n) is 1.96. The van der Waals surface area contributed by atoms with E-state index in [0.29, 0.717) is 0 Å². The molecule has 0 unspecified atom stereocenters. The normalized spacial score (nSPS) is 10.1. The maximum Gasteiger partial charge on any atom is 0.263 e. The first-order chi connectivity index (χ1) is 6.79. The maximum atomic E-state index is 11.9. The van der Waals surface area contributed by atoms with Crippen LogP contribution in [0.15, 0.2) is 17.5 Å². The maximum absolute atomic E-state index is 11.9. The van der Waals surface area contributed by atoms with Gasteiger partial charge in [-0.25, -0.2) is 0 Å². The number of hydrogen-bond acceptors (Lipinski definition) is 2. The minimum Gasteiger partial charge on any atom is -0.338 e. The Balaban J connectivity index is 2.56. The van der Waals surface area contributed by atoms with E-state index in [1.165, 1.54) is 11.3 Å². The zero-order chi connectivity index (χ0) is 10.4. The smallest absolute Gasteiger partial charge is 0.263 e. The van der Waals surface area contributed by atoms with Gasteiger partial charge in [-0.2, -0.15) is 0 Å². The fraction of sp³-hybridized carbons (Fsp3) is 0.500. The number of carbonyl (C=O) groups excluding carboxylic acids is 1. The van der Waals surface area contributed by atoms with Gasteiger partial charge in [0.15, 0.2) is 0 Å². The van der Waals surface area contributed by atoms with E-state index in [-0.39, 0.29) is 5.91 Å². The van der Waals surface area contributed by atoms with Crippen molar-refractivity contribution < 1.29 is 4.79 Å². The third kappa shape index (κ3) is 3.10. The Bertz CT molecular complexity index is 274. The molecule has 0 aromatic carbocycles. The molecule has 1 aromatic rings. The first-order valence-electron chi connectivity index (χ1n) is 4.68. The van der Waals surface area contributed by atoms with E-state index < -0.39 is 0 Å². The highest BCUT2D eigenvalue weighted by Gasteiger charge is 2.13. The molecule has 14 heavy (non-hydrogen) atoms. The van der Waals surface area contributed by atoms with Gasteiger partial charge < -0.3 is 4.90 Å². The van der Waals surface area contributed by atoms with Crippen LogP contribution in [-0.4, -0.2) is 29.2 Å². The van der Waals surface area contributed by atoms with E-state index in [2.05, 4.69) is 15.9 Å². The Morgan fingerprint density at radius 2 is 2.43 bits per heavy atom. The number of carbonyl (C=O) groups is 1. The molecule has 78 valence electrons. The minimum absolute atomic E-state index is 0.156. The van der Waals surface area contributed by atoms with Crippen molar-refractivity contribution in [2.24, 2.45) is 0 Å².